The second-order valence-corrected chi connectivity index (χ2v) is 8.74. The molecule has 1 saturated heterocycles. The Morgan fingerprint density at radius 3 is 2.56 bits per heavy atom. The van der Waals surface area contributed by atoms with Crippen molar-refractivity contribution in [3.05, 3.63) is 35.9 Å². The van der Waals surface area contributed by atoms with E-state index in [-0.39, 0.29) is 18.1 Å². The molecule has 0 bridgehead atoms. The van der Waals surface area contributed by atoms with Gasteiger partial charge in [-0.2, -0.15) is 0 Å². The minimum Gasteiger partial charge on any atom is -0.396 e. The Kier molecular flexibility index (Phi) is 10.4. The van der Waals surface area contributed by atoms with E-state index in [1.54, 1.807) is 0 Å². The lowest BCUT2D eigenvalue weighted by molar-refractivity contribution is 0.0577. The third-order valence-corrected chi connectivity index (χ3v) is 6.87. The Hall–Kier alpha value is -1.73. The van der Waals surface area contributed by atoms with Crippen LogP contribution in [0, 0.1) is 5.41 Å². The molecule has 1 fully saturated rings. The van der Waals surface area contributed by atoms with E-state index < -0.39 is 6.23 Å². The summed E-state index contributed by atoms with van der Waals surface area (Å²) in [5.41, 5.74) is 7.18. The molecule has 1 aromatic carbocycles. The topological polar surface area (TPSA) is 94.6 Å². The van der Waals surface area contributed by atoms with Crippen molar-refractivity contribution in [1.82, 2.24) is 10.3 Å². The fourth-order valence-electron chi connectivity index (χ4n) is 4.86. The average molecular weight is 445 g/mol. The summed E-state index contributed by atoms with van der Waals surface area (Å²) >= 11 is 0. The van der Waals surface area contributed by atoms with Gasteiger partial charge in [-0.15, -0.1) is 0 Å². The van der Waals surface area contributed by atoms with E-state index in [4.69, 9.17) is 10.7 Å². The highest BCUT2D eigenvalue weighted by atomic mass is 16.3. The zero-order valence-corrected chi connectivity index (χ0v) is 20.6. The third-order valence-electron chi connectivity index (χ3n) is 6.87. The molecule has 3 rings (SSSR count). The van der Waals surface area contributed by atoms with Gasteiger partial charge >= 0.3 is 0 Å². The van der Waals surface area contributed by atoms with Gasteiger partial charge in [0.25, 0.3) is 0 Å². The van der Waals surface area contributed by atoms with Gasteiger partial charge in [0.1, 0.15) is 12.0 Å². The molecule has 1 aliphatic rings. The number of nitrogens with two attached hydrogens (primary N) is 1. The Balaban J connectivity index is 0.00000176. The van der Waals surface area contributed by atoms with Crippen LogP contribution in [0.4, 0.5) is 5.82 Å². The summed E-state index contributed by atoms with van der Waals surface area (Å²) in [5.74, 6) is 0.731. The zero-order chi connectivity index (χ0) is 23.7. The van der Waals surface area contributed by atoms with Gasteiger partial charge in [-0.3, -0.25) is 0 Å². The maximum absolute atomic E-state index is 10.5. The molecule has 6 nitrogen and oxygen atoms in total. The Morgan fingerprint density at radius 2 is 1.97 bits per heavy atom. The number of benzene rings is 1. The number of aliphatic hydroxyl groups excluding tert-OH is 2. The Morgan fingerprint density at radius 1 is 1.25 bits per heavy atom. The molecule has 0 amide bonds. The van der Waals surface area contributed by atoms with Gasteiger partial charge in [0.2, 0.25) is 0 Å². The Labute approximate surface area is 194 Å². The molecule has 4 atom stereocenters. The van der Waals surface area contributed by atoms with Gasteiger partial charge in [-0.1, -0.05) is 59.2 Å². The molecule has 0 aliphatic carbocycles. The first-order chi connectivity index (χ1) is 15.5. The smallest absolute Gasteiger partial charge is 0.136 e. The fourth-order valence-corrected chi connectivity index (χ4v) is 4.86. The molecule has 2 heterocycles. The van der Waals surface area contributed by atoms with Gasteiger partial charge in [-0.05, 0) is 37.8 Å². The first-order valence-electron chi connectivity index (χ1n) is 12.4. The number of anilines is 1. The van der Waals surface area contributed by atoms with Crippen molar-refractivity contribution in [1.29, 1.82) is 0 Å². The largest absolute Gasteiger partial charge is 0.396 e. The van der Waals surface area contributed by atoms with Crippen molar-refractivity contribution in [3.8, 4) is 0 Å². The average Bonchev–Trinajstić information content (AvgIpc) is 2.84. The van der Waals surface area contributed by atoms with E-state index in [0.717, 1.165) is 55.4 Å². The number of nitrogens with one attached hydrogen (secondary N) is 1. The van der Waals surface area contributed by atoms with Gasteiger partial charge in [0, 0.05) is 41.5 Å². The predicted octanol–water partition coefficient (Wildman–Crippen LogP) is 4.35. The van der Waals surface area contributed by atoms with Crippen LogP contribution < -0.4 is 16.0 Å². The lowest BCUT2D eigenvalue weighted by atomic mass is 9.73. The highest BCUT2D eigenvalue weighted by Gasteiger charge is 2.43. The normalized spacial score (nSPS) is 22.9. The van der Waals surface area contributed by atoms with Gasteiger partial charge in [0.05, 0.1) is 12.1 Å². The summed E-state index contributed by atoms with van der Waals surface area (Å²) in [6, 6.07) is 10.6. The van der Waals surface area contributed by atoms with Crippen LogP contribution in [0.5, 0.6) is 0 Å². The second kappa shape index (κ2) is 12.5. The lowest BCUT2D eigenvalue weighted by Gasteiger charge is -2.49. The van der Waals surface area contributed by atoms with E-state index in [2.05, 4.69) is 31.0 Å². The number of hydrogen-bond donors (Lipinski definition) is 4. The van der Waals surface area contributed by atoms with Crippen LogP contribution in [0.3, 0.4) is 0 Å². The second-order valence-electron chi connectivity index (χ2n) is 8.74. The number of aliphatic hydroxyl groups is 2. The summed E-state index contributed by atoms with van der Waals surface area (Å²) in [6.45, 7) is 12.2. The highest BCUT2D eigenvalue weighted by molar-refractivity contribution is 5.82. The van der Waals surface area contributed by atoms with Crippen LogP contribution in [-0.4, -0.2) is 47.0 Å². The number of aromatic nitrogens is 1. The van der Waals surface area contributed by atoms with E-state index >= 15 is 0 Å². The minimum atomic E-state index is -1.09. The summed E-state index contributed by atoms with van der Waals surface area (Å²) in [5, 5.41) is 25.6. The molecule has 4 unspecified atom stereocenters. The van der Waals surface area contributed by atoms with Crippen LogP contribution in [0.2, 0.25) is 0 Å². The molecule has 180 valence electrons. The molecule has 0 radical (unpaired) electrons. The maximum Gasteiger partial charge on any atom is 0.136 e. The first kappa shape index (κ1) is 26.5. The van der Waals surface area contributed by atoms with Crippen LogP contribution in [0.25, 0.3) is 10.9 Å². The number of rotatable bonds is 9. The molecular weight excluding hydrogens is 400 g/mol. The Bertz CT molecular complexity index is 823. The molecule has 1 aromatic heterocycles. The monoisotopic (exact) mass is 444 g/mol. The number of para-hydroxylation sites is 1. The van der Waals surface area contributed by atoms with Gasteiger partial charge in [0.15, 0.2) is 0 Å². The molecule has 5 N–H and O–H groups in total. The van der Waals surface area contributed by atoms with E-state index in [1.165, 1.54) is 0 Å². The quantitative estimate of drug-likeness (QED) is 0.430. The molecule has 6 heteroatoms. The van der Waals surface area contributed by atoms with Crippen LogP contribution >= 0.6 is 0 Å². The van der Waals surface area contributed by atoms with E-state index in [0.29, 0.717) is 18.2 Å². The molecule has 2 aromatic rings. The van der Waals surface area contributed by atoms with Gasteiger partial charge in [-0.25, -0.2) is 4.98 Å². The lowest BCUT2D eigenvalue weighted by Crippen LogP contribution is -2.60. The SMILES string of the molecule is CC.CCCC(CC)NC1CCN(c2nc3ccccc3cc2C(N)O)CC1(CC)CO. The molecular formula is C26H44N4O2. The van der Waals surface area contributed by atoms with E-state index in [1.807, 2.05) is 44.2 Å². The fraction of sp³-hybridized carbons (Fsp3) is 0.654. The maximum atomic E-state index is 10.5. The van der Waals surface area contributed by atoms with Crippen LogP contribution in [0.15, 0.2) is 30.3 Å². The molecule has 32 heavy (non-hydrogen) atoms. The number of piperidine rings is 1. The summed E-state index contributed by atoms with van der Waals surface area (Å²) in [4.78, 5) is 7.07. The van der Waals surface area contributed by atoms with Crippen molar-refractivity contribution in [2.75, 3.05) is 24.6 Å². The number of nitrogens with zero attached hydrogens (tertiary/aromatic N) is 2. The summed E-state index contributed by atoms with van der Waals surface area (Å²) in [6.07, 6.45) is 4.10. The number of hydrogen-bond acceptors (Lipinski definition) is 6. The van der Waals surface area contributed by atoms with Crippen molar-refractivity contribution >= 4 is 16.7 Å². The molecule has 0 spiro atoms. The zero-order valence-electron chi connectivity index (χ0n) is 20.6. The van der Waals surface area contributed by atoms with Crippen LogP contribution in [0.1, 0.15) is 78.5 Å². The molecule has 1 aliphatic heterocycles. The predicted molar refractivity (Wildman–Crippen MR) is 135 cm³/mol. The summed E-state index contributed by atoms with van der Waals surface area (Å²) < 4.78 is 0. The van der Waals surface area contributed by atoms with Gasteiger partial charge < -0.3 is 26.2 Å². The summed E-state index contributed by atoms with van der Waals surface area (Å²) in [7, 11) is 0. The van der Waals surface area contributed by atoms with Crippen molar-refractivity contribution in [2.45, 2.75) is 85.0 Å². The number of fused-ring (bicyclic) bond motifs is 1. The minimum absolute atomic E-state index is 0.119. The van der Waals surface area contributed by atoms with Crippen molar-refractivity contribution in [2.24, 2.45) is 11.1 Å². The van der Waals surface area contributed by atoms with Crippen molar-refractivity contribution < 1.29 is 10.2 Å². The standard InChI is InChI=1S/C24H38N4O2.C2H6/c1-4-9-18(5-2)26-21-12-13-28(15-24(21,6-3)16-29)23-19(22(25)30)14-17-10-7-8-11-20(17)27-23;1-2/h7-8,10-11,14,18,21-22,26,29-30H,4-6,9,12-13,15-16,25H2,1-3H3;1-2H3. The first-order valence-corrected chi connectivity index (χ1v) is 12.4. The van der Waals surface area contributed by atoms with Crippen LogP contribution in [-0.2, 0) is 0 Å². The van der Waals surface area contributed by atoms with E-state index in [9.17, 15) is 10.2 Å². The third kappa shape index (κ3) is 5.79. The van der Waals surface area contributed by atoms with Crippen molar-refractivity contribution in [3.63, 3.8) is 0 Å². The number of pyridine rings is 1. The highest BCUT2D eigenvalue weighted by Crippen LogP contribution is 2.38. The molecule has 0 saturated carbocycles.